The molecule has 0 radical (unpaired) electrons. The summed E-state index contributed by atoms with van der Waals surface area (Å²) >= 11 is 0. The van der Waals surface area contributed by atoms with Crippen LogP contribution in [-0.2, 0) is 0 Å². The van der Waals surface area contributed by atoms with Gasteiger partial charge in [0.05, 0.1) is 11.0 Å². The van der Waals surface area contributed by atoms with Crippen LogP contribution in [0.1, 0.15) is 31.6 Å². The van der Waals surface area contributed by atoms with E-state index >= 15 is 0 Å². The van der Waals surface area contributed by atoms with Crippen molar-refractivity contribution in [2.45, 2.75) is 31.6 Å². The van der Waals surface area contributed by atoms with Gasteiger partial charge in [0.15, 0.2) is 0 Å². The van der Waals surface area contributed by atoms with E-state index in [2.05, 4.69) is 25.5 Å². The number of aromatic nitrogens is 6. The van der Waals surface area contributed by atoms with Crippen molar-refractivity contribution in [2.75, 3.05) is 4.90 Å². The summed E-state index contributed by atoms with van der Waals surface area (Å²) in [5, 5.41) is 17.7. The Balaban J connectivity index is 1.53. The molecule has 3 aromatic carbocycles. The second kappa shape index (κ2) is 7.16. The lowest BCUT2D eigenvalue weighted by molar-refractivity contribution is 0.247. The highest BCUT2D eigenvalue weighted by Crippen LogP contribution is 2.41. The molecule has 7 nitrogen and oxygen atoms in total. The molecule has 3 heterocycles. The molecule has 6 rings (SSSR count). The molecular formula is C23H20FN7. The molecule has 0 bridgehead atoms. The Bertz CT molecular complexity index is 1280. The zero-order valence-electron chi connectivity index (χ0n) is 16.7. The number of hydrogen-bond acceptors (Lipinski definition) is 5. The maximum atomic E-state index is 13.7. The van der Waals surface area contributed by atoms with E-state index in [1.165, 1.54) is 12.1 Å². The molecule has 0 spiro atoms. The van der Waals surface area contributed by atoms with Crippen molar-refractivity contribution in [1.82, 2.24) is 30.0 Å². The van der Waals surface area contributed by atoms with Gasteiger partial charge in [-0.05, 0) is 67.8 Å². The first kappa shape index (κ1) is 18.0. The largest absolute Gasteiger partial charge is 0.327 e. The molecule has 1 fully saturated rings. The van der Waals surface area contributed by atoms with Gasteiger partial charge in [0.25, 0.3) is 0 Å². The first-order valence-electron chi connectivity index (χ1n) is 10.4. The number of piperidine rings is 1. The van der Waals surface area contributed by atoms with E-state index in [1.807, 2.05) is 70.0 Å². The molecule has 5 aromatic rings. The zero-order valence-corrected chi connectivity index (χ0v) is 16.7. The van der Waals surface area contributed by atoms with Gasteiger partial charge in [-0.2, -0.15) is 0 Å². The van der Waals surface area contributed by atoms with Gasteiger partial charge < -0.3 is 4.90 Å². The molecule has 0 unspecified atom stereocenters. The third-order valence-electron chi connectivity index (χ3n) is 6.01. The first-order chi connectivity index (χ1) is 15.3. The smallest absolute Gasteiger partial charge is 0.127 e. The molecule has 2 atom stereocenters. The van der Waals surface area contributed by atoms with E-state index in [0.29, 0.717) is 0 Å². The van der Waals surface area contributed by atoms with Crippen molar-refractivity contribution in [3.8, 4) is 0 Å². The fraction of sp³-hybridized carbons (Fsp3) is 0.217. The summed E-state index contributed by atoms with van der Waals surface area (Å²) in [6.07, 6.45) is 2.62. The van der Waals surface area contributed by atoms with Crippen LogP contribution in [0.5, 0.6) is 0 Å². The predicted molar refractivity (Wildman–Crippen MR) is 116 cm³/mol. The van der Waals surface area contributed by atoms with Gasteiger partial charge in [0, 0.05) is 5.69 Å². The Morgan fingerprint density at radius 2 is 1.19 bits per heavy atom. The molecule has 1 saturated heterocycles. The minimum absolute atomic E-state index is 0.0837. The number of nitrogens with zero attached hydrogens (tertiary/aromatic N) is 7. The lowest BCUT2D eigenvalue weighted by Gasteiger charge is -2.43. The molecular weight excluding hydrogens is 393 g/mol. The van der Waals surface area contributed by atoms with Crippen molar-refractivity contribution in [3.63, 3.8) is 0 Å². The van der Waals surface area contributed by atoms with Gasteiger partial charge in [-0.3, -0.25) is 0 Å². The summed E-state index contributed by atoms with van der Waals surface area (Å²) in [5.41, 5.74) is 4.58. The highest BCUT2D eigenvalue weighted by molar-refractivity contribution is 5.75. The number of rotatable bonds is 3. The minimum atomic E-state index is -0.258. The average molecular weight is 413 g/mol. The average Bonchev–Trinajstić information content (AvgIpc) is 3.44. The quantitative estimate of drug-likeness (QED) is 0.429. The van der Waals surface area contributed by atoms with Crippen LogP contribution in [-0.4, -0.2) is 30.0 Å². The summed E-state index contributed by atoms with van der Waals surface area (Å²) in [4.78, 5) is 2.27. The monoisotopic (exact) mass is 413 g/mol. The van der Waals surface area contributed by atoms with Gasteiger partial charge in [-0.1, -0.05) is 34.7 Å². The second-order valence-corrected chi connectivity index (χ2v) is 7.82. The van der Waals surface area contributed by atoms with Crippen LogP contribution in [0.15, 0.2) is 72.8 Å². The molecule has 0 aliphatic carbocycles. The lowest BCUT2D eigenvalue weighted by atomic mass is 10.0. The van der Waals surface area contributed by atoms with E-state index in [1.54, 1.807) is 0 Å². The van der Waals surface area contributed by atoms with Gasteiger partial charge in [0.2, 0.25) is 0 Å². The third kappa shape index (κ3) is 2.94. The normalized spacial score (nSPS) is 19.3. The van der Waals surface area contributed by atoms with Crippen molar-refractivity contribution in [1.29, 1.82) is 0 Å². The highest BCUT2D eigenvalue weighted by Gasteiger charge is 2.35. The van der Waals surface area contributed by atoms with Gasteiger partial charge in [-0.15, -0.1) is 10.2 Å². The van der Waals surface area contributed by atoms with Crippen LogP contribution < -0.4 is 4.90 Å². The minimum Gasteiger partial charge on any atom is -0.327 e. The highest BCUT2D eigenvalue weighted by atomic mass is 19.1. The van der Waals surface area contributed by atoms with Crippen LogP contribution in [0.4, 0.5) is 10.1 Å². The Morgan fingerprint density at radius 3 is 1.74 bits per heavy atom. The van der Waals surface area contributed by atoms with Gasteiger partial charge >= 0.3 is 0 Å². The van der Waals surface area contributed by atoms with E-state index in [0.717, 1.165) is 47.0 Å². The Kier molecular flexibility index (Phi) is 4.15. The molecule has 31 heavy (non-hydrogen) atoms. The van der Waals surface area contributed by atoms with Gasteiger partial charge in [0.1, 0.15) is 29.2 Å². The number of halogens is 1. The molecule has 0 N–H and O–H groups in total. The molecule has 154 valence electrons. The number of para-hydroxylation sites is 2. The Hall–Kier alpha value is -3.81. The van der Waals surface area contributed by atoms with Crippen LogP contribution in [0.2, 0.25) is 0 Å². The fourth-order valence-corrected chi connectivity index (χ4v) is 4.61. The fourth-order valence-electron chi connectivity index (χ4n) is 4.61. The SMILES string of the molecule is Fc1ccc(N2[C@@H](n3nnc4ccccc43)CCC[C@@H]2n2nnc3ccccc32)cc1. The standard InChI is InChI=1S/C23H20FN7/c24-16-12-14-17(15-13-16)29-22(30-20-8-3-1-6-18(20)25-27-30)10-5-11-23(29)31-21-9-4-2-7-19(21)26-28-31/h1-4,6-9,12-15,22-23H,5,10-11H2/t22-,23-/m0/s1. The van der Waals surface area contributed by atoms with E-state index < -0.39 is 0 Å². The van der Waals surface area contributed by atoms with Crippen LogP contribution in [0.25, 0.3) is 22.1 Å². The second-order valence-electron chi connectivity index (χ2n) is 7.82. The number of fused-ring (bicyclic) bond motifs is 2. The predicted octanol–water partition coefficient (Wildman–Crippen LogP) is 4.70. The van der Waals surface area contributed by atoms with Gasteiger partial charge in [-0.25, -0.2) is 13.8 Å². The maximum absolute atomic E-state index is 13.7. The molecule has 2 aromatic heterocycles. The van der Waals surface area contributed by atoms with Crippen molar-refractivity contribution < 1.29 is 4.39 Å². The Labute approximate surface area is 177 Å². The lowest BCUT2D eigenvalue weighted by Crippen LogP contribution is -2.42. The number of anilines is 1. The maximum Gasteiger partial charge on any atom is 0.127 e. The molecule has 1 aliphatic heterocycles. The van der Waals surface area contributed by atoms with Crippen molar-refractivity contribution in [3.05, 3.63) is 78.6 Å². The molecule has 0 saturated carbocycles. The van der Waals surface area contributed by atoms with E-state index in [9.17, 15) is 4.39 Å². The topological polar surface area (TPSA) is 64.7 Å². The number of benzene rings is 3. The van der Waals surface area contributed by atoms with Crippen LogP contribution >= 0.6 is 0 Å². The van der Waals surface area contributed by atoms with Crippen LogP contribution in [0, 0.1) is 5.82 Å². The molecule has 8 heteroatoms. The zero-order chi connectivity index (χ0) is 20.8. The van der Waals surface area contributed by atoms with E-state index in [4.69, 9.17) is 0 Å². The summed E-state index contributed by atoms with van der Waals surface area (Å²) in [7, 11) is 0. The Morgan fingerprint density at radius 1 is 0.677 bits per heavy atom. The van der Waals surface area contributed by atoms with Crippen molar-refractivity contribution >= 4 is 27.8 Å². The summed E-state index contributed by atoms with van der Waals surface area (Å²) in [6.45, 7) is 0. The first-order valence-corrected chi connectivity index (χ1v) is 10.4. The third-order valence-corrected chi connectivity index (χ3v) is 6.01. The molecule has 1 aliphatic rings. The number of hydrogen-bond donors (Lipinski definition) is 0. The van der Waals surface area contributed by atoms with E-state index in [-0.39, 0.29) is 18.1 Å². The summed E-state index contributed by atoms with van der Waals surface area (Å²) in [5.74, 6) is -0.258. The van der Waals surface area contributed by atoms with Crippen molar-refractivity contribution in [2.24, 2.45) is 0 Å². The summed E-state index contributed by atoms with van der Waals surface area (Å²) < 4.78 is 17.7. The molecule has 0 amide bonds. The summed E-state index contributed by atoms with van der Waals surface area (Å²) in [6, 6.07) is 22.5. The van der Waals surface area contributed by atoms with Crippen LogP contribution in [0.3, 0.4) is 0 Å².